The quantitative estimate of drug-likeness (QED) is 0.887. The molecule has 1 aliphatic carbocycles. The summed E-state index contributed by atoms with van der Waals surface area (Å²) >= 11 is 1.80. The number of hydrogen-bond acceptors (Lipinski definition) is 4. The van der Waals surface area contributed by atoms with Gasteiger partial charge < -0.3 is 5.32 Å². The summed E-state index contributed by atoms with van der Waals surface area (Å²) in [5, 5.41) is 7.00. The van der Waals surface area contributed by atoms with Gasteiger partial charge in [-0.2, -0.15) is 0 Å². The van der Waals surface area contributed by atoms with Crippen molar-refractivity contribution in [2.75, 3.05) is 13.1 Å². The minimum atomic E-state index is 0.492. The fourth-order valence-corrected chi connectivity index (χ4v) is 3.35. The maximum Gasteiger partial charge on any atom is 0.107 e. The van der Waals surface area contributed by atoms with E-state index in [1.807, 2.05) is 0 Å². The first-order valence-electron chi connectivity index (χ1n) is 7.00. The van der Waals surface area contributed by atoms with Crippen molar-refractivity contribution < 1.29 is 0 Å². The Kier molecular flexibility index (Phi) is 3.43. The maximum atomic E-state index is 4.74. The van der Waals surface area contributed by atoms with E-state index < -0.39 is 0 Å². The van der Waals surface area contributed by atoms with Gasteiger partial charge in [0, 0.05) is 31.1 Å². The van der Waals surface area contributed by atoms with Gasteiger partial charge in [-0.05, 0) is 31.2 Å². The topological polar surface area (TPSA) is 28.2 Å². The second-order valence-electron chi connectivity index (χ2n) is 6.51. The van der Waals surface area contributed by atoms with Crippen molar-refractivity contribution >= 4 is 11.3 Å². The smallest absolute Gasteiger partial charge is 0.107 e. The molecule has 0 spiro atoms. The molecule has 0 unspecified atom stereocenters. The zero-order valence-corrected chi connectivity index (χ0v) is 12.2. The standard InChI is InChI=1S/C14H23N3S/c1-14(2)5-6-17(10-14)8-12-9-18-13(16-12)7-15-11-3-4-11/h9,11,15H,3-8,10H2,1-2H3. The molecule has 2 aliphatic rings. The zero-order valence-electron chi connectivity index (χ0n) is 11.4. The van der Waals surface area contributed by atoms with E-state index in [2.05, 4.69) is 29.4 Å². The predicted octanol–water partition coefficient (Wildman–Crippen LogP) is 2.63. The van der Waals surface area contributed by atoms with E-state index in [4.69, 9.17) is 4.98 Å². The van der Waals surface area contributed by atoms with E-state index >= 15 is 0 Å². The second kappa shape index (κ2) is 4.91. The summed E-state index contributed by atoms with van der Waals surface area (Å²) in [6.45, 7) is 9.14. The molecular weight excluding hydrogens is 242 g/mol. The normalized spacial score (nSPS) is 23.7. The first kappa shape index (κ1) is 12.6. The van der Waals surface area contributed by atoms with Crippen molar-refractivity contribution in [1.29, 1.82) is 0 Å². The van der Waals surface area contributed by atoms with E-state index in [9.17, 15) is 0 Å². The number of thiazole rings is 1. The van der Waals surface area contributed by atoms with Gasteiger partial charge >= 0.3 is 0 Å². The Morgan fingerprint density at radius 2 is 2.33 bits per heavy atom. The van der Waals surface area contributed by atoms with E-state index in [-0.39, 0.29) is 0 Å². The third kappa shape index (κ3) is 3.31. The molecule has 1 saturated heterocycles. The Balaban J connectivity index is 1.50. The van der Waals surface area contributed by atoms with Crippen LogP contribution in [0.4, 0.5) is 0 Å². The van der Waals surface area contributed by atoms with Gasteiger partial charge in [-0.3, -0.25) is 4.90 Å². The third-order valence-electron chi connectivity index (χ3n) is 3.86. The lowest BCUT2D eigenvalue weighted by Gasteiger charge is -2.18. The van der Waals surface area contributed by atoms with Crippen molar-refractivity contribution in [1.82, 2.24) is 15.2 Å². The summed E-state index contributed by atoms with van der Waals surface area (Å²) in [5.41, 5.74) is 1.75. The van der Waals surface area contributed by atoms with E-state index in [0.29, 0.717) is 5.41 Å². The zero-order chi connectivity index (χ0) is 12.6. The molecule has 1 N–H and O–H groups in total. The van der Waals surface area contributed by atoms with Crippen LogP contribution in [0.25, 0.3) is 0 Å². The molecule has 0 amide bonds. The van der Waals surface area contributed by atoms with Crippen molar-refractivity contribution in [3.05, 3.63) is 16.1 Å². The molecule has 4 heteroatoms. The summed E-state index contributed by atoms with van der Waals surface area (Å²) in [7, 11) is 0. The molecular formula is C14H23N3S. The fraction of sp³-hybridized carbons (Fsp3) is 0.786. The molecule has 0 aromatic carbocycles. The lowest BCUT2D eigenvalue weighted by molar-refractivity contribution is 0.282. The van der Waals surface area contributed by atoms with Crippen molar-refractivity contribution in [2.24, 2.45) is 5.41 Å². The first-order chi connectivity index (χ1) is 8.61. The number of rotatable bonds is 5. The Bertz CT molecular complexity index is 409. The predicted molar refractivity (Wildman–Crippen MR) is 75.7 cm³/mol. The lowest BCUT2D eigenvalue weighted by atomic mass is 9.93. The maximum absolute atomic E-state index is 4.74. The van der Waals surface area contributed by atoms with Crippen LogP contribution in [0.15, 0.2) is 5.38 Å². The van der Waals surface area contributed by atoms with Crippen LogP contribution in [0.1, 0.15) is 43.8 Å². The summed E-state index contributed by atoms with van der Waals surface area (Å²) in [5.74, 6) is 0. The number of nitrogens with zero attached hydrogens (tertiary/aromatic N) is 2. The molecule has 0 radical (unpaired) electrons. The molecule has 1 aromatic rings. The molecule has 100 valence electrons. The van der Waals surface area contributed by atoms with Crippen LogP contribution in [-0.4, -0.2) is 29.0 Å². The van der Waals surface area contributed by atoms with E-state index in [1.165, 1.54) is 43.1 Å². The molecule has 1 aliphatic heterocycles. The fourth-order valence-electron chi connectivity index (χ4n) is 2.61. The summed E-state index contributed by atoms with van der Waals surface area (Å²) in [6.07, 6.45) is 4.01. The van der Waals surface area contributed by atoms with Gasteiger partial charge in [0.1, 0.15) is 5.01 Å². The van der Waals surface area contributed by atoms with Crippen LogP contribution in [-0.2, 0) is 13.1 Å². The van der Waals surface area contributed by atoms with Crippen LogP contribution in [0.3, 0.4) is 0 Å². The van der Waals surface area contributed by atoms with Crippen LogP contribution < -0.4 is 5.32 Å². The van der Waals surface area contributed by atoms with Crippen LogP contribution in [0.5, 0.6) is 0 Å². The van der Waals surface area contributed by atoms with Gasteiger partial charge in [-0.15, -0.1) is 11.3 Å². The Labute approximate surface area is 114 Å². The average molecular weight is 265 g/mol. The largest absolute Gasteiger partial charge is 0.308 e. The molecule has 18 heavy (non-hydrogen) atoms. The molecule has 0 bridgehead atoms. The van der Waals surface area contributed by atoms with Crippen LogP contribution in [0, 0.1) is 5.41 Å². The van der Waals surface area contributed by atoms with Crippen molar-refractivity contribution in [3.8, 4) is 0 Å². The number of hydrogen-bond donors (Lipinski definition) is 1. The van der Waals surface area contributed by atoms with Gasteiger partial charge in [0.05, 0.1) is 5.69 Å². The number of aromatic nitrogens is 1. The van der Waals surface area contributed by atoms with Gasteiger partial charge in [0.15, 0.2) is 0 Å². The lowest BCUT2D eigenvalue weighted by Crippen LogP contribution is -2.23. The summed E-state index contributed by atoms with van der Waals surface area (Å²) < 4.78 is 0. The van der Waals surface area contributed by atoms with E-state index in [1.54, 1.807) is 11.3 Å². The minimum Gasteiger partial charge on any atom is -0.308 e. The molecule has 3 rings (SSSR count). The highest BCUT2D eigenvalue weighted by atomic mass is 32.1. The Morgan fingerprint density at radius 1 is 1.50 bits per heavy atom. The molecule has 2 heterocycles. The van der Waals surface area contributed by atoms with Crippen molar-refractivity contribution in [2.45, 2.75) is 52.2 Å². The van der Waals surface area contributed by atoms with Gasteiger partial charge in [-0.25, -0.2) is 4.98 Å². The molecule has 3 nitrogen and oxygen atoms in total. The molecule has 0 atom stereocenters. The summed E-state index contributed by atoms with van der Waals surface area (Å²) in [6, 6.07) is 0.775. The Hall–Kier alpha value is -0.450. The average Bonchev–Trinajstić information content (AvgIpc) is 2.94. The van der Waals surface area contributed by atoms with Crippen molar-refractivity contribution in [3.63, 3.8) is 0 Å². The molecule has 1 saturated carbocycles. The SMILES string of the molecule is CC1(C)CCN(Cc2csc(CNC3CC3)n2)C1. The highest BCUT2D eigenvalue weighted by molar-refractivity contribution is 7.09. The second-order valence-corrected chi connectivity index (χ2v) is 7.46. The van der Waals surface area contributed by atoms with Gasteiger partial charge in [-0.1, -0.05) is 13.8 Å². The number of nitrogens with one attached hydrogen (secondary N) is 1. The summed E-state index contributed by atoms with van der Waals surface area (Å²) in [4.78, 5) is 7.27. The first-order valence-corrected chi connectivity index (χ1v) is 7.88. The monoisotopic (exact) mass is 265 g/mol. The number of likely N-dealkylation sites (tertiary alicyclic amines) is 1. The van der Waals surface area contributed by atoms with Crippen LogP contribution >= 0.6 is 11.3 Å². The highest BCUT2D eigenvalue weighted by Gasteiger charge is 2.29. The van der Waals surface area contributed by atoms with Gasteiger partial charge in [0.2, 0.25) is 0 Å². The van der Waals surface area contributed by atoms with Gasteiger partial charge in [0.25, 0.3) is 0 Å². The minimum absolute atomic E-state index is 0.492. The molecule has 1 aromatic heterocycles. The third-order valence-corrected chi connectivity index (χ3v) is 4.76. The molecule has 2 fully saturated rings. The Morgan fingerprint density at radius 3 is 3.00 bits per heavy atom. The van der Waals surface area contributed by atoms with Crippen LogP contribution in [0.2, 0.25) is 0 Å². The highest BCUT2D eigenvalue weighted by Crippen LogP contribution is 2.29. The van der Waals surface area contributed by atoms with E-state index in [0.717, 1.165) is 19.1 Å².